The molecular formula is C15H19F3O3. The maximum Gasteiger partial charge on any atom is 0.207 e. The van der Waals surface area contributed by atoms with Crippen molar-refractivity contribution in [3.63, 3.8) is 0 Å². The van der Waals surface area contributed by atoms with Gasteiger partial charge in [-0.25, -0.2) is 8.78 Å². The second kappa shape index (κ2) is 7.90. The fourth-order valence-corrected chi connectivity index (χ4v) is 2.17. The van der Waals surface area contributed by atoms with Gasteiger partial charge in [0.15, 0.2) is 18.2 Å². The highest BCUT2D eigenvalue weighted by molar-refractivity contribution is 6.00. The average Bonchev–Trinajstić information content (AvgIpc) is 2.47. The van der Waals surface area contributed by atoms with Gasteiger partial charge in [-0.3, -0.25) is 4.79 Å². The van der Waals surface area contributed by atoms with Gasteiger partial charge in [-0.05, 0) is 12.8 Å². The number of ketones is 1. The second-order valence-electron chi connectivity index (χ2n) is 4.90. The van der Waals surface area contributed by atoms with Crippen LogP contribution in [0.2, 0.25) is 0 Å². The van der Waals surface area contributed by atoms with Gasteiger partial charge in [-0.1, -0.05) is 32.6 Å². The molecule has 21 heavy (non-hydrogen) atoms. The first-order valence-electron chi connectivity index (χ1n) is 6.96. The third-order valence-corrected chi connectivity index (χ3v) is 3.35. The number of phenolic OH excluding ortho intramolecular Hbond substituents is 2. The summed E-state index contributed by atoms with van der Waals surface area (Å²) in [5.41, 5.74) is -1.42. The number of hydrogen-bond acceptors (Lipinski definition) is 3. The molecule has 0 heterocycles. The summed E-state index contributed by atoms with van der Waals surface area (Å²) in [7, 11) is 0. The lowest BCUT2D eigenvalue weighted by Crippen LogP contribution is -2.09. The Bertz CT molecular complexity index is 516. The highest BCUT2D eigenvalue weighted by Gasteiger charge is 2.27. The number of carbonyl (C=O) groups excluding carboxylic acids is 1. The molecule has 1 aromatic rings. The van der Waals surface area contributed by atoms with Crippen LogP contribution in [-0.4, -0.2) is 22.7 Å². The third-order valence-electron chi connectivity index (χ3n) is 3.35. The normalized spacial score (nSPS) is 10.9. The van der Waals surface area contributed by atoms with Gasteiger partial charge < -0.3 is 10.2 Å². The monoisotopic (exact) mass is 304 g/mol. The zero-order valence-electron chi connectivity index (χ0n) is 11.9. The highest BCUT2D eigenvalue weighted by Crippen LogP contribution is 2.36. The van der Waals surface area contributed by atoms with Crippen molar-refractivity contribution in [3.05, 3.63) is 22.8 Å². The van der Waals surface area contributed by atoms with Crippen molar-refractivity contribution >= 4 is 5.78 Å². The van der Waals surface area contributed by atoms with Gasteiger partial charge in [0.25, 0.3) is 0 Å². The Kier molecular flexibility index (Phi) is 6.52. The summed E-state index contributed by atoms with van der Waals surface area (Å²) < 4.78 is 40.1. The van der Waals surface area contributed by atoms with Crippen LogP contribution in [0.1, 0.15) is 54.9 Å². The fraction of sp³-hybridized carbons (Fsp3) is 0.533. The molecule has 6 heteroatoms. The predicted octanol–water partition coefficient (Wildman–Crippen LogP) is 4.04. The molecule has 0 amide bonds. The first kappa shape index (κ1) is 17.3. The van der Waals surface area contributed by atoms with E-state index in [-0.39, 0.29) is 6.42 Å². The molecule has 0 aliphatic carbocycles. The number of carbonyl (C=O) groups is 1. The molecule has 0 saturated carbocycles. The van der Waals surface area contributed by atoms with Gasteiger partial charge in [-0.2, -0.15) is 4.39 Å². The molecular weight excluding hydrogens is 285 g/mol. The molecule has 2 N–H and O–H groups in total. The van der Waals surface area contributed by atoms with Crippen LogP contribution in [0.15, 0.2) is 0 Å². The SMILES string of the molecule is CCCCCCCc1c(O)c(F)c(O)c(C(=O)CF)c1F. The Morgan fingerprint density at radius 2 is 1.62 bits per heavy atom. The molecule has 1 aromatic carbocycles. The van der Waals surface area contributed by atoms with Crippen molar-refractivity contribution in [1.82, 2.24) is 0 Å². The summed E-state index contributed by atoms with van der Waals surface area (Å²) in [6.07, 6.45) is 4.26. The van der Waals surface area contributed by atoms with E-state index in [2.05, 4.69) is 0 Å². The quantitative estimate of drug-likeness (QED) is 0.563. The molecule has 0 unspecified atom stereocenters. The first-order valence-corrected chi connectivity index (χ1v) is 6.96. The van der Waals surface area contributed by atoms with Gasteiger partial charge in [0, 0.05) is 5.56 Å². The van der Waals surface area contributed by atoms with E-state index in [1.165, 1.54) is 0 Å². The Morgan fingerprint density at radius 3 is 2.19 bits per heavy atom. The number of unbranched alkanes of at least 4 members (excludes halogenated alkanes) is 4. The van der Waals surface area contributed by atoms with Crippen molar-refractivity contribution in [2.75, 3.05) is 6.67 Å². The Balaban J connectivity index is 3.03. The fourth-order valence-electron chi connectivity index (χ4n) is 2.17. The highest BCUT2D eigenvalue weighted by atomic mass is 19.1. The van der Waals surface area contributed by atoms with E-state index in [1.54, 1.807) is 0 Å². The molecule has 3 nitrogen and oxygen atoms in total. The number of phenols is 2. The van der Waals surface area contributed by atoms with Gasteiger partial charge in [-0.15, -0.1) is 0 Å². The maximum absolute atomic E-state index is 14.1. The van der Waals surface area contributed by atoms with Crippen LogP contribution in [0.5, 0.6) is 11.5 Å². The van der Waals surface area contributed by atoms with Crippen LogP contribution < -0.4 is 0 Å². The van der Waals surface area contributed by atoms with Gasteiger partial charge in [0.05, 0.1) is 0 Å². The standard InChI is InChI=1S/C15H19F3O3/c1-2-3-4-5-6-7-9-12(17)11(10(19)8-16)15(21)13(18)14(9)20/h20-21H,2-8H2,1H3. The van der Waals surface area contributed by atoms with Crippen LogP contribution in [-0.2, 0) is 6.42 Å². The lowest BCUT2D eigenvalue weighted by Gasteiger charge is -2.12. The average molecular weight is 304 g/mol. The van der Waals surface area contributed by atoms with Gasteiger partial charge >= 0.3 is 0 Å². The summed E-state index contributed by atoms with van der Waals surface area (Å²) in [6, 6.07) is 0. The van der Waals surface area contributed by atoms with Crippen LogP contribution in [0.3, 0.4) is 0 Å². The first-order chi connectivity index (χ1) is 9.95. The minimum atomic E-state index is -1.55. The molecule has 0 aromatic heterocycles. The van der Waals surface area contributed by atoms with Crippen molar-refractivity contribution in [2.45, 2.75) is 45.4 Å². The van der Waals surface area contributed by atoms with E-state index in [0.29, 0.717) is 6.42 Å². The number of hydrogen-bond donors (Lipinski definition) is 2. The van der Waals surface area contributed by atoms with Crippen LogP contribution in [0, 0.1) is 11.6 Å². The van der Waals surface area contributed by atoms with E-state index in [0.717, 1.165) is 25.7 Å². The molecule has 118 valence electrons. The van der Waals surface area contributed by atoms with E-state index < -0.39 is 46.7 Å². The Morgan fingerprint density at radius 1 is 1.00 bits per heavy atom. The molecule has 1 rings (SSSR count). The lowest BCUT2D eigenvalue weighted by molar-refractivity contribution is 0.0950. The molecule has 0 aliphatic rings. The summed E-state index contributed by atoms with van der Waals surface area (Å²) in [5, 5.41) is 18.9. The zero-order chi connectivity index (χ0) is 16.0. The van der Waals surface area contributed by atoms with E-state index in [4.69, 9.17) is 0 Å². The van der Waals surface area contributed by atoms with Crippen LogP contribution in [0.25, 0.3) is 0 Å². The zero-order valence-corrected chi connectivity index (χ0v) is 11.9. The van der Waals surface area contributed by atoms with Gasteiger partial charge in [0.1, 0.15) is 11.4 Å². The van der Waals surface area contributed by atoms with Crippen LogP contribution >= 0.6 is 0 Å². The van der Waals surface area contributed by atoms with Crippen molar-refractivity contribution in [3.8, 4) is 11.5 Å². The largest absolute Gasteiger partial charge is 0.504 e. The Labute approximate surface area is 121 Å². The number of rotatable bonds is 8. The van der Waals surface area contributed by atoms with Crippen molar-refractivity contribution in [1.29, 1.82) is 0 Å². The molecule has 0 radical (unpaired) electrons. The minimum Gasteiger partial charge on any atom is -0.504 e. The molecule has 0 aliphatic heterocycles. The molecule has 0 saturated heterocycles. The topological polar surface area (TPSA) is 57.5 Å². The lowest BCUT2D eigenvalue weighted by atomic mass is 9.98. The molecule has 0 fully saturated rings. The number of benzene rings is 1. The number of halogens is 3. The summed E-state index contributed by atoms with van der Waals surface area (Å²) in [6.45, 7) is 0.486. The number of alkyl halides is 1. The molecule has 0 bridgehead atoms. The third kappa shape index (κ3) is 3.89. The molecule has 0 spiro atoms. The van der Waals surface area contributed by atoms with Crippen molar-refractivity contribution < 1.29 is 28.2 Å². The molecule has 0 atom stereocenters. The van der Waals surface area contributed by atoms with Gasteiger partial charge in [0.2, 0.25) is 11.6 Å². The minimum absolute atomic E-state index is 0.0190. The summed E-state index contributed by atoms with van der Waals surface area (Å²) in [5.74, 6) is -6.45. The smallest absolute Gasteiger partial charge is 0.207 e. The number of aromatic hydroxyl groups is 2. The van der Waals surface area contributed by atoms with E-state index in [9.17, 15) is 28.2 Å². The maximum atomic E-state index is 14.1. The van der Waals surface area contributed by atoms with Crippen molar-refractivity contribution in [2.24, 2.45) is 0 Å². The second-order valence-corrected chi connectivity index (χ2v) is 4.90. The summed E-state index contributed by atoms with van der Waals surface area (Å²) in [4.78, 5) is 11.3. The van der Waals surface area contributed by atoms with E-state index >= 15 is 0 Å². The number of Topliss-reactive ketones (excluding diaryl/α,β-unsaturated/α-hetero) is 1. The predicted molar refractivity (Wildman–Crippen MR) is 72.5 cm³/mol. The van der Waals surface area contributed by atoms with E-state index in [1.807, 2.05) is 6.92 Å². The summed E-state index contributed by atoms with van der Waals surface area (Å²) >= 11 is 0. The Hall–Kier alpha value is -1.72. The van der Waals surface area contributed by atoms with Crippen LogP contribution in [0.4, 0.5) is 13.2 Å².